The maximum absolute atomic E-state index is 14.8. The fourth-order valence-electron chi connectivity index (χ4n) is 4.26. The van der Waals surface area contributed by atoms with Crippen LogP contribution in [0.5, 0.6) is 0 Å². The molecule has 2 unspecified atom stereocenters. The molecule has 0 bridgehead atoms. The van der Waals surface area contributed by atoms with Gasteiger partial charge in [-0.15, -0.1) is 0 Å². The van der Waals surface area contributed by atoms with Gasteiger partial charge in [-0.05, 0) is 43.5 Å². The van der Waals surface area contributed by atoms with E-state index >= 15 is 0 Å². The molecule has 2 heterocycles. The van der Waals surface area contributed by atoms with Gasteiger partial charge in [0.25, 0.3) is 0 Å². The molecule has 6 nitrogen and oxygen atoms in total. The van der Waals surface area contributed by atoms with Crippen molar-refractivity contribution in [1.29, 1.82) is 0 Å². The molecule has 168 valence electrons. The van der Waals surface area contributed by atoms with Crippen LogP contribution < -0.4 is 0 Å². The van der Waals surface area contributed by atoms with Crippen LogP contribution in [0.4, 0.5) is 4.39 Å². The Hall–Kier alpha value is -3.03. The molecule has 7 heteroatoms. The fourth-order valence-corrected chi connectivity index (χ4v) is 4.26. The topological polar surface area (TPSA) is 62.6 Å². The van der Waals surface area contributed by atoms with Gasteiger partial charge in [-0.1, -0.05) is 36.4 Å². The number of carbonyl (C=O) groups is 1. The quantitative estimate of drug-likeness (QED) is 0.519. The summed E-state index contributed by atoms with van der Waals surface area (Å²) < 4.78 is 33.8. The SMILES string of the molecule is CCOC(=O)C1(c2ccccc2)CCOCC1OCc1ccc(-n2ccnc2C)c(F)c1. The minimum absolute atomic E-state index is 0.141. The first-order valence-electron chi connectivity index (χ1n) is 10.8. The van der Waals surface area contributed by atoms with E-state index in [9.17, 15) is 9.18 Å². The molecule has 1 saturated heterocycles. The van der Waals surface area contributed by atoms with Crippen molar-refractivity contribution in [3.63, 3.8) is 0 Å². The van der Waals surface area contributed by atoms with Crippen LogP contribution in [0.3, 0.4) is 0 Å². The highest BCUT2D eigenvalue weighted by Gasteiger charge is 2.51. The van der Waals surface area contributed by atoms with E-state index in [1.807, 2.05) is 43.3 Å². The van der Waals surface area contributed by atoms with Crippen LogP contribution in [-0.2, 0) is 31.0 Å². The highest BCUT2D eigenvalue weighted by Crippen LogP contribution is 2.38. The Labute approximate surface area is 186 Å². The number of aromatic nitrogens is 2. The number of esters is 1. The van der Waals surface area contributed by atoms with Crippen molar-refractivity contribution in [2.75, 3.05) is 19.8 Å². The molecule has 0 N–H and O–H groups in total. The first kappa shape index (κ1) is 22.2. The van der Waals surface area contributed by atoms with Crippen LogP contribution in [0.1, 0.15) is 30.3 Å². The van der Waals surface area contributed by atoms with Crippen LogP contribution >= 0.6 is 0 Å². The van der Waals surface area contributed by atoms with E-state index in [1.54, 1.807) is 30.0 Å². The Balaban J connectivity index is 1.58. The molecule has 1 aliphatic rings. The predicted octanol–water partition coefficient (Wildman–Crippen LogP) is 4.13. The first-order chi connectivity index (χ1) is 15.6. The molecule has 0 saturated carbocycles. The zero-order chi connectivity index (χ0) is 22.6. The van der Waals surface area contributed by atoms with E-state index in [0.29, 0.717) is 30.1 Å². The third-order valence-electron chi connectivity index (χ3n) is 5.94. The Bertz CT molecular complexity index is 1070. The van der Waals surface area contributed by atoms with Gasteiger partial charge in [-0.25, -0.2) is 9.37 Å². The van der Waals surface area contributed by atoms with Gasteiger partial charge in [0.05, 0.1) is 25.5 Å². The molecule has 1 aliphatic heterocycles. The van der Waals surface area contributed by atoms with Crippen LogP contribution in [0.25, 0.3) is 5.69 Å². The van der Waals surface area contributed by atoms with Crippen LogP contribution in [-0.4, -0.2) is 41.4 Å². The second kappa shape index (κ2) is 9.63. The van der Waals surface area contributed by atoms with Crippen molar-refractivity contribution >= 4 is 5.97 Å². The van der Waals surface area contributed by atoms with E-state index in [1.165, 1.54) is 6.07 Å². The molecule has 0 radical (unpaired) electrons. The third kappa shape index (κ3) is 4.18. The lowest BCUT2D eigenvalue weighted by Gasteiger charge is -2.41. The number of carbonyl (C=O) groups excluding carboxylic acids is 1. The minimum atomic E-state index is -0.970. The molecule has 2 aromatic carbocycles. The summed E-state index contributed by atoms with van der Waals surface area (Å²) in [7, 11) is 0. The molecular formula is C25H27FN2O4. The lowest BCUT2D eigenvalue weighted by Crippen LogP contribution is -2.54. The Kier molecular flexibility index (Phi) is 6.67. The zero-order valence-corrected chi connectivity index (χ0v) is 18.3. The number of ether oxygens (including phenoxy) is 3. The van der Waals surface area contributed by atoms with Gasteiger partial charge in [-0.2, -0.15) is 0 Å². The average Bonchev–Trinajstić information content (AvgIpc) is 3.24. The van der Waals surface area contributed by atoms with Gasteiger partial charge in [-0.3, -0.25) is 4.79 Å². The number of benzene rings is 2. The minimum Gasteiger partial charge on any atom is -0.465 e. The van der Waals surface area contributed by atoms with Crippen molar-refractivity contribution in [1.82, 2.24) is 9.55 Å². The summed E-state index contributed by atoms with van der Waals surface area (Å²) in [5, 5.41) is 0. The fraction of sp³-hybridized carbons (Fsp3) is 0.360. The van der Waals surface area contributed by atoms with Gasteiger partial charge in [0.15, 0.2) is 0 Å². The van der Waals surface area contributed by atoms with E-state index in [0.717, 1.165) is 5.56 Å². The molecule has 4 rings (SSSR count). The number of imidazole rings is 1. The first-order valence-corrected chi connectivity index (χ1v) is 10.8. The number of aryl methyl sites for hydroxylation is 1. The molecule has 1 aromatic heterocycles. The second-order valence-corrected chi connectivity index (χ2v) is 7.81. The summed E-state index contributed by atoms with van der Waals surface area (Å²) in [5.41, 5.74) is 0.959. The van der Waals surface area contributed by atoms with Crippen molar-refractivity contribution in [2.45, 2.75) is 38.4 Å². The zero-order valence-electron chi connectivity index (χ0n) is 18.3. The molecular weight excluding hydrogens is 411 g/mol. The van der Waals surface area contributed by atoms with E-state index in [2.05, 4.69) is 4.98 Å². The summed E-state index contributed by atoms with van der Waals surface area (Å²) in [4.78, 5) is 17.3. The van der Waals surface area contributed by atoms with Crippen molar-refractivity contribution in [2.24, 2.45) is 0 Å². The largest absolute Gasteiger partial charge is 0.465 e. The normalized spacial score (nSPS) is 20.8. The highest BCUT2D eigenvalue weighted by atomic mass is 19.1. The van der Waals surface area contributed by atoms with Gasteiger partial charge in [0.1, 0.15) is 23.2 Å². The Morgan fingerprint density at radius 3 is 2.78 bits per heavy atom. The van der Waals surface area contributed by atoms with Gasteiger partial charge < -0.3 is 18.8 Å². The molecule has 2 atom stereocenters. The van der Waals surface area contributed by atoms with Crippen molar-refractivity contribution in [3.05, 3.63) is 83.7 Å². The maximum atomic E-state index is 14.8. The summed E-state index contributed by atoms with van der Waals surface area (Å²) in [6.07, 6.45) is 3.24. The van der Waals surface area contributed by atoms with Crippen molar-refractivity contribution in [3.8, 4) is 5.69 Å². The second-order valence-electron chi connectivity index (χ2n) is 7.81. The number of hydrogen-bond donors (Lipinski definition) is 0. The van der Waals surface area contributed by atoms with E-state index < -0.39 is 11.5 Å². The monoisotopic (exact) mass is 438 g/mol. The molecule has 0 amide bonds. The third-order valence-corrected chi connectivity index (χ3v) is 5.94. The number of rotatable bonds is 7. The molecule has 32 heavy (non-hydrogen) atoms. The van der Waals surface area contributed by atoms with E-state index in [4.69, 9.17) is 14.2 Å². The van der Waals surface area contributed by atoms with Crippen LogP contribution in [0.15, 0.2) is 60.9 Å². The maximum Gasteiger partial charge on any atom is 0.319 e. The van der Waals surface area contributed by atoms with Crippen LogP contribution in [0, 0.1) is 12.7 Å². The molecule has 0 spiro atoms. The Morgan fingerprint density at radius 2 is 2.09 bits per heavy atom. The molecule has 1 fully saturated rings. The number of halogens is 1. The number of hydrogen-bond acceptors (Lipinski definition) is 5. The number of nitrogens with zero attached hydrogens (tertiary/aromatic N) is 2. The predicted molar refractivity (Wildman–Crippen MR) is 117 cm³/mol. The van der Waals surface area contributed by atoms with Crippen molar-refractivity contribution < 1.29 is 23.4 Å². The lowest BCUT2D eigenvalue weighted by atomic mass is 9.72. The lowest BCUT2D eigenvalue weighted by molar-refractivity contribution is -0.170. The summed E-state index contributed by atoms with van der Waals surface area (Å²) in [5.74, 6) is 0.0118. The Morgan fingerprint density at radius 1 is 1.28 bits per heavy atom. The van der Waals surface area contributed by atoms with Crippen LogP contribution in [0.2, 0.25) is 0 Å². The molecule has 3 aromatic rings. The summed E-state index contributed by atoms with van der Waals surface area (Å²) in [6, 6.07) is 14.5. The van der Waals surface area contributed by atoms with Gasteiger partial charge in [0, 0.05) is 19.0 Å². The summed E-state index contributed by atoms with van der Waals surface area (Å²) in [6.45, 7) is 4.71. The van der Waals surface area contributed by atoms with Gasteiger partial charge >= 0.3 is 5.97 Å². The smallest absolute Gasteiger partial charge is 0.319 e. The highest BCUT2D eigenvalue weighted by molar-refractivity contribution is 5.84. The average molecular weight is 438 g/mol. The standard InChI is InChI=1S/C25H27FN2O4/c1-3-31-24(29)25(20-7-5-4-6-8-20)11-14-30-17-23(25)32-16-19-9-10-22(21(26)15-19)28-13-12-27-18(28)2/h4-10,12-13,15,23H,3,11,14,16-17H2,1-2H3. The van der Waals surface area contributed by atoms with Gasteiger partial charge in [0.2, 0.25) is 0 Å². The van der Waals surface area contributed by atoms with E-state index in [-0.39, 0.29) is 31.6 Å². The molecule has 0 aliphatic carbocycles. The summed E-state index contributed by atoms with van der Waals surface area (Å²) >= 11 is 0.